The normalized spacial score (nSPS) is 30.3. The van der Waals surface area contributed by atoms with E-state index in [0.717, 1.165) is 87.1 Å². The molecule has 228 valence electrons. The minimum absolute atomic E-state index is 0.00160. The first-order chi connectivity index (χ1) is 20.1. The van der Waals surface area contributed by atoms with Gasteiger partial charge >= 0.3 is 0 Å². The number of fused-ring (bicyclic) bond motifs is 3. The van der Waals surface area contributed by atoms with Crippen LogP contribution in [-0.4, -0.2) is 95.2 Å². The van der Waals surface area contributed by atoms with E-state index < -0.39 is 0 Å². The van der Waals surface area contributed by atoms with Gasteiger partial charge in [0.1, 0.15) is 5.82 Å². The van der Waals surface area contributed by atoms with E-state index in [2.05, 4.69) is 66.7 Å². The van der Waals surface area contributed by atoms with Crippen molar-refractivity contribution in [1.82, 2.24) is 29.6 Å². The second-order valence-electron chi connectivity index (χ2n) is 13.9. The monoisotopic (exact) mass is 574 g/mol. The third-order valence-corrected chi connectivity index (χ3v) is 10.8. The molecule has 0 amide bonds. The van der Waals surface area contributed by atoms with Crippen molar-refractivity contribution in [1.29, 1.82) is 0 Å². The van der Waals surface area contributed by atoms with Gasteiger partial charge in [0, 0.05) is 64.1 Å². The Hall–Kier alpha value is -2.75. The number of likely N-dealkylation sites (N-methyl/N-ethyl adjacent to an activating group) is 1. The molecule has 1 aromatic carbocycles. The Bertz CT molecular complexity index is 1390. The number of nitrogens with zero attached hydrogens (tertiary/aromatic N) is 6. The number of nitrogens with one attached hydrogen (secondary N) is 2. The molecular formula is C33H50N8O. The van der Waals surface area contributed by atoms with Gasteiger partial charge in [-0.3, -0.25) is 14.3 Å². The fourth-order valence-corrected chi connectivity index (χ4v) is 7.89. The topological polar surface area (TPSA) is 81.0 Å². The summed E-state index contributed by atoms with van der Waals surface area (Å²) >= 11 is 0. The highest BCUT2D eigenvalue weighted by molar-refractivity contribution is 5.96. The molecule has 0 unspecified atom stereocenters. The Morgan fingerprint density at radius 2 is 1.98 bits per heavy atom. The van der Waals surface area contributed by atoms with Gasteiger partial charge in [-0.05, 0) is 68.2 Å². The van der Waals surface area contributed by atoms with E-state index in [4.69, 9.17) is 9.98 Å². The Morgan fingerprint density at radius 3 is 2.67 bits per heavy atom. The van der Waals surface area contributed by atoms with Gasteiger partial charge in [-0.2, -0.15) is 0 Å². The molecule has 2 saturated heterocycles. The van der Waals surface area contributed by atoms with Crippen molar-refractivity contribution >= 4 is 22.5 Å². The lowest BCUT2D eigenvalue weighted by molar-refractivity contribution is -0.108. The van der Waals surface area contributed by atoms with E-state index in [-0.39, 0.29) is 5.56 Å². The Kier molecular flexibility index (Phi) is 8.19. The summed E-state index contributed by atoms with van der Waals surface area (Å²) in [5, 5.41) is 7.92. The van der Waals surface area contributed by atoms with Crippen LogP contribution >= 0.6 is 0 Å². The fourth-order valence-electron chi connectivity index (χ4n) is 7.89. The number of hydrogen-bond donors (Lipinski definition) is 2. The number of anilines is 1. The van der Waals surface area contributed by atoms with Crippen LogP contribution < -0.4 is 16.2 Å². The maximum Gasteiger partial charge on any atom is 0.261 e. The number of rotatable bonds is 6. The molecule has 2 bridgehead atoms. The van der Waals surface area contributed by atoms with Crippen LogP contribution in [0.25, 0.3) is 10.9 Å². The van der Waals surface area contributed by atoms with Crippen LogP contribution in [0.1, 0.15) is 46.4 Å². The number of piperazine rings is 2. The molecule has 5 fully saturated rings. The number of benzene rings is 1. The molecule has 2 aromatic rings. The third kappa shape index (κ3) is 5.63. The van der Waals surface area contributed by atoms with Crippen molar-refractivity contribution in [3.05, 3.63) is 47.0 Å². The summed E-state index contributed by atoms with van der Waals surface area (Å²) < 4.78 is 1.78. The van der Waals surface area contributed by atoms with Gasteiger partial charge < -0.3 is 20.4 Å². The molecule has 2 aliphatic heterocycles. The van der Waals surface area contributed by atoms with Gasteiger partial charge in [0.15, 0.2) is 5.96 Å². The van der Waals surface area contributed by atoms with Crippen LogP contribution in [0.5, 0.6) is 0 Å². The lowest BCUT2D eigenvalue weighted by Crippen LogP contribution is -2.57. The molecule has 42 heavy (non-hydrogen) atoms. The Labute approximate surface area is 251 Å². The van der Waals surface area contributed by atoms with E-state index in [0.29, 0.717) is 41.9 Å². The van der Waals surface area contributed by atoms with Gasteiger partial charge in [-0.15, -0.1) is 6.58 Å². The zero-order valence-corrected chi connectivity index (χ0v) is 26.3. The largest absolute Gasteiger partial charge is 0.340 e. The number of aliphatic imine (C=N–C) groups is 1. The molecule has 2 N–H and O–H groups in total. The number of guanidine groups is 1. The van der Waals surface area contributed by atoms with Crippen LogP contribution in [0, 0.1) is 23.2 Å². The minimum atomic E-state index is -0.00160. The lowest BCUT2D eigenvalue weighted by atomic mass is 9.45. The van der Waals surface area contributed by atoms with E-state index in [1.54, 1.807) is 10.6 Å². The molecule has 9 heteroatoms. The van der Waals surface area contributed by atoms with E-state index in [9.17, 15) is 4.79 Å². The Morgan fingerprint density at radius 1 is 1.19 bits per heavy atom. The third-order valence-electron chi connectivity index (χ3n) is 10.8. The summed E-state index contributed by atoms with van der Waals surface area (Å²) in [5.74, 6) is 3.83. The summed E-state index contributed by atoms with van der Waals surface area (Å²) in [6.45, 7) is 21.3. The van der Waals surface area contributed by atoms with Gasteiger partial charge in [0.25, 0.3) is 5.56 Å². The summed E-state index contributed by atoms with van der Waals surface area (Å²) in [4.78, 5) is 31.3. The predicted molar refractivity (Wildman–Crippen MR) is 172 cm³/mol. The van der Waals surface area contributed by atoms with Crippen molar-refractivity contribution in [2.75, 3.05) is 58.2 Å². The van der Waals surface area contributed by atoms with Crippen LogP contribution in [0.15, 0.2) is 40.6 Å². The van der Waals surface area contributed by atoms with Crippen LogP contribution in [0.3, 0.4) is 0 Å². The molecule has 5 aliphatic rings. The van der Waals surface area contributed by atoms with Gasteiger partial charge in [-0.25, -0.2) is 9.98 Å². The van der Waals surface area contributed by atoms with E-state index >= 15 is 0 Å². The van der Waals surface area contributed by atoms with Gasteiger partial charge in [-0.1, -0.05) is 26.8 Å². The maximum atomic E-state index is 13.6. The average molecular weight is 575 g/mol. The summed E-state index contributed by atoms with van der Waals surface area (Å²) in [6, 6.07) is 6.70. The highest BCUT2D eigenvalue weighted by Crippen LogP contribution is 2.61. The number of aromatic nitrogens is 2. The van der Waals surface area contributed by atoms with Gasteiger partial charge in [0.05, 0.1) is 23.5 Å². The van der Waals surface area contributed by atoms with Crippen molar-refractivity contribution in [3.8, 4) is 0 Å². The van der Waals surface area contributed by atoms with Crippen molar-refractivity contribution in [3.63, 3.8) is 0 Å². The molecular weight excluding hydrogens is 524 g/mol. The summed E-state index contributed by atoms with van der Waals surface area (Å²) in [6.07, 6.45) is 4.30. The molecule has 7 rings (SSSR count). The number of allylic oxidation sites excluding steroid dienone is 1. The smallest absolute Gasteiger partial charge is 0.261 e. The van der Waals surface area contributed by atoms with Crippen molar-refractivity contribution < 1.29 is 0 Å². The molecule has 3 aliphatic carbocycles. The molecule has 1 aromatic heterocycles. The standard InChI is InChI=1S/C33H50N8O/c1-7-11-41-30(21-39-15-13-38(6)14-16-39)36-29-19-25(8-9-26(29)31(41)42)35-32(40-12-10-34-22(2)20-40)37-28-18-24-17-27(23(28)3)33(24,4)5/h7-9,19,22-24,27-28,34H,1,10-18,20-21H2,2-6H3,(H,35,37)/t22-,23-,24+,27+,28-/m0/s1. The van der Waals surface area contributed by atoms with Crippen LogP contribution in [-0.2, 0) is 13.1 Å². The van der Waals surface area contributed by atoms with Gasteiger partial charge in [0.2, 0.25) is 0 Å². The lowest BCUT2D eigenvalue weighted by Gasteiger charge is -2.61. The Balaban J connectivity index is 1.31. The van der Waals surface area contributed by atoms with Crippen molar-refractivity contribution in [2.45, 2.75) is 65.7 Å². The second kappa shape index (κ2) is 11.7. The average Bonchev–Trinajstić information content (AvgIpc) is 2.96. The molecule has 3 heterocycles. The predicted octanol–water partition coefficient (Wildman–Crippen LogP) is 3.46. The molecule has 5 atom stereocenters. The first-order valence-corrected chi connectivity index (χ1v) is 16.0. The first-order valence-electron chi connectivity index (χ1n) is 16.0. The fraction of sp³-hybridized carbons (Fsp3) is 0.667. The molecule has 0 radical (unpaired) electrons. The summed E-state index contributed by atoms with van der Waals surface area (Å²) in [5.41, 5.74) is 2.10. The molecule has 9 nitrogen and oxygen atoms in total. The second-order valence-corrected chi connectivity index (χ2v) is 13.9. The number of hydrogen-bond acceptors (Lipinski definition) is 6. The van der Waals surface area contributed by atoms with Crippen molar-refractivity contribution in [2.24, 2.45) is 28.2 Å². The highest BCUT2D eigenvalue weighted by Gasteiger charge is 2.56. The van der Waals surface area contributed by atoms with Crippen LogP contribution in [0.4, 0.5) is 5.69 Å². The summed E-state index contributed by atoms with van der Waals surface area (Å²) in [7, 11) is 2.16. The SMILES string of the molecule is C=CCn1c(CN2CCN(C)CC2)nc2cc(NC(=N[C@H]3C[C@H]4C[C@H]([C@@H]3C)C4(C)C)N3CCN[C@@H](C)C3)ccc2c1=O. The molecule has 3 saturated carbocycles. The zero-order chi connectivity index (χ0) is 29.6. The van der Waals surface area contributed by atoms with E-state index in [1.807, 2.05) is 18.2 Å². The van der Waals surface area contributed by atoms with E-state index in [1.165, 1.54) is 6.42 Å². The first kappa shape index (κ1) is 29.3. The van der Waals surface area contributed by atoms with Crippen LogP contribution in [0.2, 0.25) is 0 Å². The zero-order valence-electron chi connectivity index (χ0n) is 26.3. The highest BCUT2D eigenvalue weighted by atomic mass is 16.1. The minimum Gasteiger partial charge on any atom is -0.340 e. The maximum absolute atomic E-state index is 13.6. The molecule has 0 spiro atoms. The quantitative estimate of drug-likeness (QED) is 0.311.